The van der Waals surface area contributed by atoms with E-state index in [4.69, 9.17) is 4.42 Å². The second-order valence-corrected chi connectivity index (χ2v) is 10.7. The van der Waals surface area contributed by atoms with Gasteiger partial charge >= 0.3 is 0 Å². The van der Waals surface area contributed by atoms with E-state index < -0.39 is 0 Å². The predicted molar refractivity (Wildman–Crippen MR) is 109 cm³/mol. The van der Waals surface area contributed by atoms with Gasteiger partial charge in [-0.2, -0.15) is 0 Å². The second-order valence-electron chi connectivity index (χ2n) is 10.7. The van der Waals surface area contributed by atoms with Gasteiger partial charge in [0.15, 0.2) is 0 Å². The van der Waals surface area contributed by atoms with Gasteiger partial charge in [-0.05, 0) is 105 Å². The largest absolute Gasteiger partial charge is 0.462 e. The minimum absolute atomic E-state index is 0.0620. The molecule has 0 spiro atoms. The van der Waals surface area contributed by atoms with Crippen LogP contribution in [-0.2, 0) is 0 Å². The zero-order chi connectivity index (χ0) is 18.8. The molecule has 0 radical (unpaired) electrons. The lowest BCUT2D eigenvalue weighted by atomic mass is 9.45. The Morgan fingerprint density at radius 2 is 1.85 bits per heavy atom. The van der Waals surface area contributed by atoms with Gasteiger partial charge in [-0.1, -0.05) is 26.7 Å². The third kappa shape index (κ3) is 2.62. The number of aryl methyl sites for hydroxylation is 1. The van der Waals surface area contributed by atoms with Gasteiger partial charge in [-0.15, -0.1) is 0 Å². The van der Waals surface area contributed by atoms with Gasteiger partial charge < -0.3 is 9.52 Å². The average Bonchev–Trinajstić information content (AvgIpc) is 3.16. The summed E-state index contributed by atoms with van der Waals surface area (Å²) in [5.74, 6) is 5.15. The molecule has 4 saturated carbocycles. The predicted octanol–water partition coefficient (Wildman–Crippen LogP) is 6.38. The molecular formula is C25H36O2. The molecule has 0 aliphatic heterocycles. The maximum absolute atomic E-state index is 11.3. The van der Waals surface area contributed by atoms with E-state index in [-0.39, 0.29) is 11.5 Å². The summed E-state index contributed by atoms with van der Waals surface area (Å²) in [5.41, 5.74) is 1.85. The first-order chi connectivity index (χ1) is 12.9. The van der Waals surface area contributed by atoms with Gasteiger partial charge in [0.2, 0.25) is 0 Å². The molecule has 27 heavy (non-hydrogen) atoms. The Hall–Kier alpha value is -1.02. The smallest absolute Gasteiger partial charge is 0.127 e. The molecule has 148 valence electrons. The van der Waals surface area contributed by atoms with Gasteiger partial charge in [0.1, 0.15) is 11.5 Å². The Labute approximate surface area is 164 Å². The fourth-order valence-electron chi connectivity index (χ4n) is 8.01. The number of hydrogen-bond donors (Lipinski definition) is 1. The van der Waals surface area contributed by atoms with E-state index in [0.717, 1.165) is 35.7 Å². The summed E-state index contributed by atoms with van der Waals surface area (Å²) in [6.45, 7) is 6.99. The molecule has 0 bridgehead atoms. The summed E-state index contributed by atoms with van der Waals surface area (Å²) in [6, 6.07) is 4.06. The van der Waals surface area contributed by atoms with Crippen molar-refractivity contribution in [1.29, 1.82) is 0 Å². The molecule has 4 aliphatic rings. The molecule has 0 amide bonds. The number of aliphatic hydroxyl groups is 1. The van der Waals surface area contributed by atoms with Crippen LogP contribution in [0.5, 0.6) is 0 Å². The van der Waals surface area contributed by atoms with Crippen LogP contribution in [0.1, 0.15) is 83.2 Å². The minimum atomic E-state index is -0.300. The van der Waals surface area contributed by atoms with Gasteiger partial charge in [0, 0.05) is 5.41 Å². The first-order valence-corrected chi connectivity index (χ1v) is 11.4. The van der Waals surface area contributed by atoms with E-state index in [2.05, 4.69) is 19.9 Å². The van der Waals surface area contributed by atoms with E-state index in [1.165, 1.54) is 56.9 Å². The highest BCUT2D eigenvalue weighted by atomic mass is 16.3. The topological polar surface area (TPSA) is 33.4 Å². The van der Waals surface area contributed by atoms with Crippen molar-refractivity contribution in [1.82, 2.24) is 0 Å². The molecule has 2 heteroatoms. The lowest BCUT2D eigenvalue weighted by molar-refractivity contribution is -0.119. The number of hydrogen-bond acceptors (Lipinski definition) is 2. The molecule has 1 heterocycles. The quantitative estimate of drug-likeness (QED) is 0.624. The van der Waals surface area contributed by atoms with Crippen molar-refractivity contribution in [2.45, 2.75) is 84.7 Å². The standard InChI is InChI=1S/C25H36O2/c1-16-7-9-19(27-16)14-17-15-22-20-10-8-18-6-4-5-12-24(18,2)21(20)11-13-25(22,3)23(17)26/h7,9,14,18,20-23,26H,4-6,8,10-13,15H2,1-3H3/b17-14+/t18?,20?,21?,22?,23?,24-,25-/m0/s1. The zero-order valence-corrected chi connectivity index (χ0v) is 17.3. The van der Waals surface area contributed by atoms with E-state index >= 15 is 0 Å². The highest BCUT2D eigenvalue weighted by Gasteiger charge is 2.60. The minimum Gasteiger partial charge on any atom is -0.462 e. The van der Waals surface area contributed by atoms with Gasteiger partial charge in [-0.3, -0.25) is 0 Å². The monoisotopic (exact) mass is 368 g/mol. The van der Waals surface area contributed by atoms with E-state index in [0.29, 0.717) is 11.3 Å². The molecule has 7 atom stereocenters. The molecule has 0 saturated heterocycles. The molecule has 2 nitrogen and oxygen atoms in total. The Bertz CT molecular complexity index is 745. The molecule has 4 fully saturated rings. The Kier molecular flexibility index (Phi) is 4.17. The van der Waals surface area contributed by atoms with Gasteiger partial charge in [0.25, 0.3) is 0 Å². The van der Waals surface area contributed by atoms with Crippen molar-refractivity contribution < 1.29 is 9.52 Å². The molecule has 4 aliphatic carbocycles. The van der Waals surface area contributed by atoms with Crippen LogP contribution in [0.4, 0.5) is 0 Å². The molecule has 0 aromatic carbocycles. The van der Waals surface area contributed by atoms with Crippen molar-refractivity contribution in [3.05, 3.63) is 29.2 Å². The summed E-state index contributed by atoms with van der Waals surface area (Å²) in [4.78, 5) is 0. The van der Waals surface area contributed by atoms with Crippen LogP contribution < -0.4 is 0 Å². The Balaban J connectivity index is 1.45. The Morgan fingerprint density at radius 1 is 1.00 bits per heavy atom. The van der Waals surface area contributed by atoms with Gasteiger partial charge in [-0.25, -0.2) is 0 Å². The second kappa shape index (κ2) is 6.24. The van der Waals surface area contributed by atoms with Crippen LogP contribution in [0.15, 0.2) is 22.1 Å². The van der Waals surface area contributed by atoms with Crippen LogP contribution in [0.3, 0.4) is 0 Å². The van der Waals surface area contributed by atoms with E-state index in [1.807, 2.05) is 19.1 Å². The molecule has 5 unspecified atom stereocenters. The normalized spacial score (nSPS) is 48.1. The van der Waals surface area contributed by atoms with Crippen LogP contribution in [0, 0.1) is 41.4 Å². The third-order valence-corrected chi connectivity index (χ3v) is 9.54. The molecule has 1 aromatic rings. The van der Waals surface area contributed by atoms with Crippen LogP contribution in [0.25, 0.3) is 6.08 Å². The van der Waals surface area contributed by atoms with E-state index in [9.17, 15) is 5.11 Å². The lowest BCUT2D eigenvalue weighted by Crippen LogP contribution is -2.53. The van der Waals surface area contributed by atoms with Gasteiger partial charge in [0.05, 0.1) is 6.10 Å². The lowest BCUT2D eigenvalue weighted by Gasteiger charge is -2.60. The van der Waals surface area contributed by atoms with Crippen molar-refractivity contribution in [3.8, 4) is 0 Å². The average molecular weight is 369 g/mol. The fourth-order valence-corrected chi connectivity index (χ4v) is 8.01. The SMILES string of the molecule is Cc1ccc(/C=C2\CC3C4CCC5CCCC[C@]5(C)C4CC[C@]3(C)C2O)o1. The fraction of sp³-hybridized carbons (Fsp3) is 0.760. The first kappa shape index (κ1) is 18.0. The Morgan fingerprint density at radius 3 is 2.63 bits per heavy atom. The summed E-state index contributed by atoms with van der Waals surface area (Å²) < 4.78 is 5.79. The number of furan rings is 1. The highest BCUT2D eigenvalue weighted by molar-refractivity contribution is 5.51. The molecular weight excluding hydrogens is 332 g/mol. The molecule has 1 aromatic heterocycles. The summed E-state index contributed by atoms with van der Waals surface area (Å²) in [6.07, 6.45) is 14.0. The van der Waals surface area contributed by atoms with Crippen LogP contribution in [0.2, 0.25) is 0 Å². The summed E-state index contributed by atoms with van der Waals surface area (Å²) in [5, 5.41) is 11.3. The summed E-state index contributed by atoms with van der Waals surface area (Å²) in [7, 11) is 0. The van der Waals surface area contributed by atoms with Crippen LogP contribution in [-0.4, -0.2) is 11.2 Å². The number of rotatable bonds is 1. The van der Waals surface area contributed by atoms with Crippen LogP contribution >= 0.6 is 0 Å². The first-order valence-electron chi connectivity index (χ1n) is 11.4. The van der Waals surface area contributed by atoms with Crippen molar-refractivity contribution in [2.24, 2.45) is 34.5 Å². The maximum Gasteiger partial charge on any atom is 0.127 e. The molecule has 1 N–H and O–H groups in total. The summed E-state index contributed by atoms with van der Waals surface area (Å²) >= 11 is 0. The number of fused-ring (bicyclic) bond motifs is 5. The highest BCUT2D eigenvalue weighted by Crippen LogP contribution is 2.67. The number of aliphatic hydroxyl groups excluding tert-OH is 1. The third-order valence-electron chi connectivity index (χ3n) is 9.54. The zero-order valence-electron chi connectivity index (χ0n) is 17.3. The van der Waals surface area contributed by atoms with E-state index in [1.54, 1.807) is 0 Å². The molecule has 5 rings (SSSR count). The van der Waals surface area contributed by atoms with Crippen molar-refractivity contribution in [2.75, 3.05) is 0 Å². The maximum atomic E-state index is 11.3. The van der Waals surface area contributed by atoms with Crippen molar-refractivity contribution >= 4 is 6.08 Å². The van der Waals surface area contributed by atoms with Crippen molar-refractivity contribution in [3.63, 3.8) is 0 Å².